The Morgan fingerprint density at radius 1 is 1.50 bits per heavy atom. The van der Waals surface area contributed by atoms with E-state index in [1.54, 1.807) is 11.7 Å². The first-order valence-corrected chi connectivity index (χ1v) is 6.66. The van der Waals surface area contributed by atoms with Crippen LogP contribution < -0.4 is 0 Å². The van der Waals surface area contributed by atoms with Crippen LogP contribution >= 0.6 is 12.2 Å². The molecule has 1 aromatic carbocycles. The molecule has 0 radical (unpaired) electrons. The molecule has 1 N–H and O–H groups in total. The van der Waals surface area contributed by atoms with Crippen molar-refractivity contribution in [1.82, 2.24) is 9.55 Å². The second-order valence-corrected chi connectivity index (χ2v) is 5.37. The van der Waals surface area contributed by atoms with E-state index in [2.05, 4.69) is 4.98 Å². The fourth-order valence-electron chi connectivity index (χ4n) is 2.56. The summed E-state index contributed by atoms with van der Waals surface area (Å²) in [5, 5.41) is 0. The molecule has 1 aliphatic rings. The van der Waals surface area contributed by atoms with E-state index in [0.717, 1.165) is 12.5 Å². The topological polar surface area (TPSA) is 39.2 Å². The van der Waals surface area contributed by atoms with Crippen molar-refractivity contribution in [1.29, 1.82) is 0 Å². The Balaban J connectivity index is 2.11. The van der Waals surface area contributed by atoms with Gasteiger partial charge in [0.15, 0.2) is 10.6 Å². The van der Waals surface area contributed by atoms with Crippen LogP contribution in [-0.4, -0.2) is 35.5 Å². The van der Waals surface area contributed by atoms with Crippen LogP contribution in [0.15, 0.2) is 12.1 Å². The SMILES string of the molecule is COC1(Cn2c(=S)[nH]c3c(F)cc(F)cc32)CCOC1. The number of hydrogen-bond donors (Lipinski definition) is 1. The number of nitrogens with zero attached hydrogens (tertiary/aromatic N) is 1. The summed E-state index contributed by atoms with van der Waals surface area (Å²) in [4.78, 5) is 2.78. The fraction of sp³-hybridized carbons (Fsp3) is 0.462. The molecule has 4 nitrogen and oxygen atoms in total. The molecule has 0 bridgehead atoms. The lowest BCUT2D eigenvalue weighted by Crippen LogP contribution is -2.37. The molecule has 0 aliphatic carbocycles. The maximum absolute atomic E-state index is 13.7. The lowest BCUT2D eigenvalue weighted by atomic mass is 10.0. The predicted molar refractivity (Wildman–Crippen MR) is 72.2 cm³/mol. The van der Waals surface area contributed by atoms with Crippen molar-refractivity contribution in [2.75, 3.05) is 20.3 Å². The van der Waals surface area contributed by atoms with Gasteiger partial charge in [0.2, 0.25) is 0 Å². The molecule has 1 atom stereocenters. The van der Waals surface area contributed by atoms with Gasteiger partial charge in [0.25, 0.3) is 0 Å². The minimum Gasteiger partial charge on any atom is -0.378 e. The van der Waals surface area contributed by atoms with E-state index in [9.17, 15) is 8.78 Å². The maximum Gasteiger partial charge on any atom is 0.178 e. The van der Waals surface area contributed by atoms with Crippen molar-refractivity contribution in [3.05, 3.63) is 28.5 Å². The quantitative estimate of drug-likeness (QED) is 0.886. The molecule has 1 saturated heterocycles. The number of nitrogens with one attached hydrogen (secondary N) is 1. The molecule has 1 aromatic heterocycles. The van der Waals surface area contributed by atoms with Gasteiger partial charge in [-0.1, -0.05) is 0 Å². The van der Waals surface area contributed by atoms with Gasteiger partial charge in [-0.25, -0.2) is 8.78 Å². The molecule has 20 heavy (non-hydrogen) atoms. The van der Waals surface area contributed by atoms with Gasteiger partial charge in [0.05, 0.1) is 18.7 Å². The minimum absolute atomic E-state index is 0.210. The van der Waals surface area contributed by atoms with Gasteiger partial charge in [-0.15, -0.1) is 0 Å². The van der Waals surface area contributed by atoms with Crippen LogP contribution in [0.3, 0.4) is 0 Å². The smallest absolute Gasteiger partial charge is 0.178 e. The van der Waals surface area contributed by atoms with Gasteiger partial charge in [-0.2, -0.15) is 0 Å². The van der Waals surface area contributed by atoms with E-state index in [1.807, 2.05) is 0 Å². The monoisotopic (exact) mass is 300 g/mol. The molecule has 2 aromatic rings. The number of H-pyrrole nitrogens is 1. The molecule has 1 fully saturated rings. The first kappa shape index (κ1) is 13.7. The van der Waals surface area contributed by atoms with E-state index in [-0.39, 0.29) is 5.52 Å². The highest BCUT2D eigenvalue weighted by molar-refractivity contribution is 7.71. The molecule has 0 saturated carbocycles. The molecule has 3 rings (SSSR count). The number of methoxy groups -OCH3 is 1. The van der Waals surface area contributed by atoms with Gasteiger partial charge >= 0.3 is 0 Å². The van der Waals surface area contributed by atoms with Crippen LogP contribution in [0.1, 0.15) is 6.42 Å². The van der Waals surface area contributed by atoms with Crippen LogP contribution in [0.25, 0.3) is 11.0 Å². The van der Waals surface area contributed by atoms with Crippen LogP contribution in [0.5, 0.6) is 0 Å². The number of hydrogen-bond acceptors (Lipinski definition) is 3. The lowest BCUT2D eigenvalue weighted by molar-refractivity contribution is -0.0290. The Kier molecular flexibility index (Phi) is 3.35. The van der Waals surface area contributed by atoms with E-state index in [0.29, 0.717) is 30.0 Å². The summed E-state index contributed by atoms with van der Waals surface area (Å²) >= 11 is 5.21. The molecule has 7 heteroatoms. The number of halogens is 2. The molecule has 0 spiro atoms. The van der Waals surface area contributed by atoms with Crippen molar-refractivity contribution in [3.8, 4) is 0 Å². The molecular weight excluding hydrogens is 286 g/mol. The first-order chi connectivity index (χ1) is 9.54. The minimum atomic E-state index is -0.654. The summed E-state index contributed by atoms with van der Waals surface area (Å²) in [7, 11) is 1.61. The average molecular weight is 300 g/mol. The Morgan fingerprint density at radius 3 is 2.95 bits per heavy atom. The highest BCUT2D eigenvalue weighted by Crippen LogP contribution is 2.28. The number of aromatic amines is 1. The van der Waals surface area contributed by atoms with Crippen LogP contribution in [-0.2, 0) is 16.0 Å². The largest absolute Gasteiger partial charge is 0.378 e. The van der Waals surface area contributed by atoms with Crippen LogP contribution in [0.4, 0.5) is 8.78 Å². The fourth-order valence-corrected chi connectivity index (χ4v) is 2.83. The number of rotatable bonds is 3. The summed E-state index contributed by atoms with van der Waals surface area (Å²) in [6.45, 7) is 1.44. The lowest BCUT2D eigenvalue weighted by Gasteiger charge is -2.26. The summed E-state index contributed by atoms with van der Waals surface area (Å²) in [5.41, 5.74) is 0.105. The Morgan fingerprint density at radius 2 is 2.30 bits per heavy atom. The molecule has 0 amide bonds. The number of fused-ring (bicyclic) bond motifs is 1. The predicted octanol–water partition coefficient (Wildman–Crippen LogP) is 2.78. The molecule has 1 aliphatic heterocycles. The summed E-state index contributed by atoms with van der Waals surface area (Å²) < 4.78 is 40.1. The van der Waals surface area contributed by atoms with Crippen LogP contribution in [0, 0.1) is 16.4 Å². The van der Waals surface area contributed by atoms with Crippen molar-refractivity contribution in [2.24, 2.45) is 0 Å². The third-order valence-corrected chi connectivity index (χ3v) is 4.07. The van der Waals surface area contributed by atoms with Gasteiger partial charge in [0, 0.05) is 26.2 Å². The maximum atomic E-state index is 13.7. The zero-order valence-corrected chi connectivity index (χ0v) is 11.7. The Hall–Kier alpha value is -1.31. The summed E-state index contributed by atoms with van der Waals surface area (Å²) in [5.74, 6) is -1.29. The van der Waals surface area contributed by atoms with Crippen LogP contribution in [0.2, 0.25) is 0 Å². The summed E-state index contributed by atoms with van der Waals surface area (Å²) in [6, 6.07) is 2.10. The number of benzene rings is 1. The zero-order valence-electron chi connectivity index (χ0n) is 10.9. The second kappa shape index (κ2) is 4.91. The Bertz CT molecular complexity index is 704. The van der Waals surface area contributed by atoms with Crippen molar-refractivity contribution < 1.29 is 18.3 Å². The molecular formula is C13H14F2N2O2S. The number of ether oxygens (including phenoxy) is 2. The molecule has 108 valence electrons. The van der Waals surface area contributed by atoms with E-state index in [1.165, 1.54) is 6.07 Å². The third kappa shape index (κ3) is 2.15. The normalized spacial score (nSPS) is 22.8. The van der Waals surface area contributed by atoms with Crippen molar-refractivity contribution in [2.45, 2.75) is 18.6 Å². The number of aromatic nitrogens is 2. The van der Waals surface area contributed by atoms with Gasteiger partial charge in [-0.3, -0.25) is 0 Å². The summed E-state index contributed by atoms with van der Waals surface area (Å²) in [6.07, 6.45) is 0.718. The van der Waals surface area contributed by atoms with Gasteiger partial charge in [-0.05, 0) is 18.3 Å². The van der Waals surface area contributed by atoms with Crippen molar-refractivity contribution >= 4 is 23.3 Å². The highest BCUT2D eigenvalue weighted by atomic mass is 32.1. The van der Waals surface area contributed by atoms with Gasteiger partial charge < -0.3 is 19.0 Å². The van der Waals surface area contributed by atoms with E-state index in [4.69, 9.17) is 21.7 Å². The standard InChI is InChI=1S/C13H14F2N2O2S/c1-18-13(2-3-19-7-13)6-17-10-5-8(14)4-9(15)11(10)16-12(17)20/h4-5H,2-3,6-7H2,1H3,(H,16,20). The first-order valence-electron chi connectivity index (χ1n) is 6.25. The molecule has 2 heterocycles. The van der Waals surface area contributed by atoms with E-state index < -0.39 is 17.2 Å². The molecule has 1 unspecified atom stereocenters. The Labute approximate surface area is 119 Å². The second-order valence-electron chi connectivity index (χ2n) is 4.99. The number of imidazole rings is 1. The highest BCUT2D eigenvalue weighted by Gasteiger charge is 2.36. The average Bonchev–Trinajstić information content (AvgIpc) is 2.98. The zero-order chi connectivity index (χ0) is 14.3. The van der Waals surface area contributed by atoms with Gasteiger partial charge in [0.1, 0.15) is 16.9 Å². The third-order valence-electron chi connectivity index (χ3n) is 3.75. The van der Waals surface area contributed by atoms with Crippen molar-refractivity contribution in [3.63, 3.8) is 0 Å². The van der Waals surface area contributed by atoms with E-state index >= 15 is 0 Å².